The number of carboxylic acid groups (broad SMARTS) is 1. The van der Waals surface area contributed by atoms with Crippen LogP contribution in [0.25, 0.3) is 0 Å². The summed E-state index contributed by atoms with van der Waals surface area (Å²) in [6.07, 6.45) is 1.27. The van der Waals surface area contributed by atoms with Crippen molar-refractivity contribution in [3.63, 3.8) is 0 Å². The van der Waals surface area contributed by atoms with E-state index in [0.29, 0.717) is 12.8 Å². The Kier molecular flexibility index (Phi) is 4.13. The molecule has 3 nitrogen and oxygen atoms in total. The topological polar surface area (TPSA) is 57.5 Å². The molecule has 1 aromatic carbocycles. The van der Waals surface area contributed by atoms with E-state index in [4.69, 9.17) is 10.2 Å². The molecule has 0 aromatic heterocycles. The second-order valence-corrected chi connectivity index (χ2v) is 3.14. The number of carboxylic acids is 1. The average molecular weight is 194 g/mol. The lowest BCUT2D eigenvalue weighted by atomic mass is 10.0. The first-order chi connectivity index (χ1) is 6.74. The first-order valence-electron chi connectivity index (χ1n) is 4.63. The first kappa shape index (κ1) is 10.7. The van der Waals surface area contributed by atoms with Crippen molar-refractivity contribution in [2.45, 2.75) is 19.3 Å². The van der Waals surface area contributed by atoms with Crippen molar-refractivity contribution in [3.05, 3.63) is 35.4 Å². The van der Waals surface area contributed by atoms with Gasteiger partial charge in [-0.2, -0.15) is 0 Å². The fourth-order valence-electron chi connectivity index (χ4n) is 1.41. The lowest BCUT2D eigenvalue weighted by Gasteiger charge is -2.06. The lowest BCUT2D eigenvalue weighted by Crippen LogP contribution is -2.01. The summed E-state index contributed by atoms with van der Waals surface area (Å²) < 4.78 is 0. The number of rotatable bonds is 5. The summed E-state index contributed by atoms with van der Waals surface area (Å²) in [4.78, 5) is 10.4. The monoisotopic (exact) mass is 194 g/mol. The zero-order valence-corrected chi connectivity index (χ0v) is 7.94. The van der Waals surface area contributed by atoms with Crippen LogP contribution < -0.4 is 0 Å². The Bertz CT molecular complexity index is 307. The van der Waals surface area contributed by atoms with Crippen LogP contribution in [0, 0.1) is 0 Å². The summed E-state index contributed by atoms with van der Waals surface area (Å²) in [6.45, 7) is 0.101. The molecule has 0 unspecified atom stereocenters. The zero-order chi connectivity index (χ0) is 10.4. The van der Waals surface area contributed by atoms with Gasteiger partial charge in [-0.3, -0.25) is 4.79 Å². The molecule has 1 rings (SSSR count). The molecular weight excluding hydrogens is 180 g/mol. The summed E-state index contributed by atoms with van der Waals surface area (Å²) in [6, 6.07) is 7.62. The maximum atomic E-state index is 10.4. The van der Waals surface area contributed by atoms with Crippen molar-refractivity contribution >= 4 is 5.97 Å². The second-order valence-electron chi connectivity index (χ2n) is 3.14. The average Bonchev–Trinajstić information content (AvgIpc) is 2.17. The van der Waals surface area contributed by atoms with Gasteiger partial charge in [-0.15, -0.1) is 0 Å². The molecule has 3 heteroatoms. The number of hydrogen-bond acceptors (Lipinski definition) is 2. The Balaban J connectivity index is 2.68. The van der Waals surface area contributed by atoms with Gasteiger partial charge in [-0.1, -0.05) is 24.3 Å². The molecule has 0 saturated carbocycles. The number of aliphatic carboxylic acids is 1. The predicted octanol–water partition coefficient (Wildman–Crippen LogP) is 1.24. The van der Waals surface area contributed by atoms with Crippen LogP contribution in [-0.2, 0) is 17.6 Å². The Morgan fingerprint density at radius 3 is 2.21 bits per heavy atom. The van der Waals surface area contributed by atoms with E-state index in [0.717, 1.165) is 11.1 Å². The van der Waals surface area contributed by atoms with Gasteiger partial charge in [0.05, 0.1) is 0 Å². The number of hydrogen-bond donors (Lipinski definition) is 2. The molecule has 0 aliphatic rings. The number of aryl methyl sites for hydroxylation is 1. The maximum absolute atomic E-state index is 10.4. The standard InChI is InChI=1S/C11H14O3/c12-8-7-10-4-2-1-3-9(10)5-6-11(13)14/h1-4,12H,5-8H2,(H,13,14). The van der Waals surface area contributed by atoms with E-state index in [1.54, 1.807) is 0 Å². The van der Waals surface area contributed by atoms with E-state index in [1.807, 2.05) is 24.3 Å². The highest BCUT2D eigenvalue weighted by Gasteiger charge is 2.03. The molecule has 0 atom stereocenters. The minimum absolute atomic E-state index is 0.101. The minimum Gasteiger partial charge on any atom is -0.481 e. The highest BCUT2D eigenvalue weighted by Crippen LogP contribution is 2.11. The summed E-state index contributed by atoms with van der Waals surface area (Å²) in [5, 5.41) is 17.4. The van der Waals surface area contributed by atoms with Crippen LogP contribution in [-0.4, -0.2) is 22.8 Å². The van der Waals surface area contributed by atoms with E-state index in [2.05, 4.69) is 0 Å². The molecule has 0 fully saturated rings. The predicted molar refractivity (Wildman–Crippen MR) is 53.2 cm³/mol. The van der Waals surface area contributed by atoms with Gasteiger partial charge in [0.15, 0.2) is 0 Å². The van der Waals surface area contributed by atoms with Crippen LogP contribution in [0.1, 0.15) is 17.5 Å². The van der Waals surface area contributed by atoms with Gasteiger partial charge in [0, 0.05) is 13.0 Å². The molecule has 14 heavy (non-hydrogen) atoms. The molecule has 0 saturated heterocycles. The molecule has 2 N–H and O–H groups in total. The van der Waals surface area contributed by atoms with Gasteiger partial charge in [-0.05, 0) is 24.0 Å². The lowest BCUT2D eigenvalue weighted by molar-refractivity contribution is -0.136. The molecule has 0 aliphatic heterocycles. The van der Waals surface area contributed by atoms with Crippen LogP contribution in [0.2, 0.25) is 0 Å². The van der Waals surface area contributed by atoms with Crippen molar-refractivity contribution < 1.29 is 15.0 Å². The quantitative estimate of drug-likeness (QED) is 0.741. The van der Waals surface area contributed by atoms with Crippen molar-refractivity contribution in [1.29, 1.82) is 0 Å². The van der Waals surface area contributed by atoms with E-state index < -0.39 is 5.97 Å². The van der Waals surface area contributed by atoms with Crippen molar-refractivity contribution in [2.24, 2.45) is 0 Å². The van der Waals surface area contributed by atoms with E-state index in [9.17, 15) is 4.79 Å². The zero-order valence-electron chi connectivity index (χ0n) is 7.94. The van der Waals surface area contributed by atoms with Crippen molar-refractivity contribution in [2.75, 3.05) is 6.61 Å². The molecule has 0 aliphatic carbocycles. The molecule has 0 radical (unpaired) electrons. The summed E-state index contributed by atoms with van der Waals surface area (Å²) in [7, 11) is 0. The van der Waals surface area contributed by atoms with E-state index in [-0.39, 0.29) is 13.0 Å². The smallest absolute Gasteiger partial charge is 0.303 e. The number of carbonyl (C=O) groups is 1. The second kappa shape index (κ2) is 5.40. The minimum atomic E-state index is -0.788. The van der Waals surface area contributed by atoms with E-state index >= 15 is 0 Å². The first-order valence-corrected chi connectivity index (χ1v) is 4.63. The third-order valence-corrected chi connectivity index (χ3v) is 2.11. The van der Waals surface area contributed by atoms with Gasteiger partial charge in [-0.25, -0.2) is 0 Å². The van der Waals surface area contributed by atoms with Crippen LogP contribution in [0.15, 0.2) is 24.3 Å². The van der Waals surface area contributed by atoms with Crippen LogP contribution in [0.4, 0.5) is 0 Å². The SMILES string of the molecule is O=C(O)CCc1ccccc1CCO. The maximum Gasteiger partial charge on any atom is 0.303 e. The van der Waals surface area contributed by atoms with Crippen LogP contribution >= 0.6 is 0 Å². The Morgan fingerprint density at radius 1 is 1.14 bits per heavy atom. The van der Waals surface area contributed by atoms with Gasteiger partial charge < -0.3 is 10.2 Å². The van der Waals surface area contributed by atoms with Gasteiger partial charge in [0.25, 0.3) is 0 Å². The Morgan fingerprint density at radius 2 is 1.71 bits per heavy atom. The van der Waals surface area contributed by atoms with Crippen molar-refractivity contribution in [3.8, 4) is 0 Å². The Labute approximate surface area is 83.0 Å². The fraction of sp³-hybridized carbons (Fsp3) is 0.364. The van der Waals surface area contributed by atoms with Gasteiger partial charge in [0.1, 0.15) is 0 Å². The Hall–Kier alpha value is -1.35. The van der Waals surface area contributed by atoms with Gasteiger partial charge in [0.2, 0.25) is 0 Å². The molecule has 0 amide bonds. The number of aliphatic hydroxyl groups is 1. The summed E-state index contributed by atoms with van der Waals surface area (Å²) >= 11 is 0. The largest absolute Gasteiger partial charge is 0.481 e. The highest BCUT2D eigenvalue weighted by atomic mass is 16.4. The van der Waals surface area contributed by atoms with E-state index in [1.165, 1.54) is 0 Å². The summed E-state index contributed by atoms with van der Waals surface area (Å²) in [5.41, 5.74) is 2.06. The molecule has 0 bridgehead atoms. The summed E-state index contributed by atoms with van der Waals surface area (Å²) in [5.74, 6) is -0.788. The normalized spacial score (nSPS) is 10.1. The third kappa shape index (κ3) is 3.18. The molecule has 0 spiro atoms. The molecule has 1 aromatic rings. The molecule has 76 valence electrons. The number of aliphatic hydroxyl groups excluding tert-OH is 1. The van der Waals surface area contributed by atoms with Crippen molar-refractivity contribution in [1.82, 2.24) is 0 Å². The fourth-order valence-corrected chi connectivity index (χ4v) is 1.41. The number of benzene rings is 1. The molecule has 0 heterocycles. The van der Waals surface area contributed by atoms with Crippen LogP contribution in [0.3, 0.4) is 0 Å². The van der Waals surface area contributed by atoms with Gasteiger partial charge >= 0.3 is 5.97 Å². The molecular formula is C11H14O3. The highest BCUT2D eigenvalue weighted by molar-refractivity contribution is 5.67. The van der Waals surface area contributed by atoms with Crippen LogP contribution in [0.5, 0.6) is 0 Å². The third-order valence-electron chi connectivity index (χ3n) is 2.11.